The van der Waals surface area contributed by atoms with Crippen LogP contribution in [0.2, 0.25) is 0 Å². The van der Waals surface area contributed by atoms with E-state index in [9.17, 15) is 0 Å². The van der Waals surface area contributed by atoms with Crippen LogP contribution in [0.5, 0.6) is 0 Å². The van der Waals surface area contributed by atoms with E-state index in [1.54, 1.807) is 0 Å². The van der Waals surface area contributed by atoms with Crippen LogP contribution in [-0.4, -0.2) is 35.4 Å². The Bertz CT molecular complexity index is 2820. The molecule has 2 atom stereocenters. The van der Waals surface area contributed by atoms with Gasteiger partial charge < -0.3 is 9.47 Å². The van der Waals surface area contributed by atoms with Gasteiger partial charge in [-0.05, 0) is 47.0 Å². The Morgan fingerprint density at radius 1 is 0.468 bits per heavy atom. The van der Waals surface area contributed by atoms with Crippen LogP contribution in [0, 0.1) is 0 Å². The van der Waals surface area contributed by atoms with Crippen molar-refractivity contribution in [3.05, 3.63) is 241 Å². The molecule has 9 aromatic rings. The topological polar surface area (TPSA) is 21.5 Å². The summed E-state index contributed by atoms with van der Waals surface area (Å²) in [6.45, 7) is 5.39. The molecule has 11 rings (SSSR count). The van der Waals surface area contributed by atoms with Crippen molar-refractivity contribution in [3.63, 3.8) is 0 Å². The lowest BCUT2D eigenvalue weighted by Crippen LogP contribution is -2.74. The van der Waals surface area contributed by atoms with E-state index < -0.39 is 11.9 Å². The van der Waals surface area contributed by atoms with Gasteiger partial charge in [0.1, 0.15) is 18.9 Å². The molecule has 0 aromatic heterocycles. The number of hydrogen-bond acceptors (Lipinski definition) is 2. The van der Waals surface area contributed by atoms with Crippen molar-refractivity contribution in [1.29, 1.82) is 0 Å². The largest absolute Gasteiger partial charge is 0.343 e. The van der Waals surface area contributed by atoms with Crippen LogP contribution in [0.15, 0.2) is 224 Å². The molecular formula is C58H50BNO2. The van der Waals surface area contributed by atoms with Crippen molar-refractivity contribution in [2.24, 2.45) is 0 Å². The van der Waals surface area contributed by atoms with E-state index in [0.29, 0.717) is 6.61 Å². The maximum Gasteiger partial charge on any atom is 0.206 e. The molecule has 3 nitrogen and oxygen atoms in total. The zero-order valence-corrected chi connectivity index (χ0v) is 35.3. The predicted octanol–water partition coefficient (Wildman–Crippen LogP) is 10.6. The fourth-order valence-electron chi connectivity index (χ4n) is 10.2. The maximum absolute atomic E-state index is 6.60. The van der Waals surface area contributed by atoms with E-state index in [4.69, 9.17) is 9.47 Å². The van der Waals surface area contributed by atoms with Gasteiger partial charge in [0.05, 0.1) is 0 Å². The Kier molecular flexibility index (Phi) is 10.7. The highest BCUT2D eigenvalue weighted by Crippen LogP contribution is 2.42. The van der Waals surface area contributed by atoms with Gasteiger partial charge in [-0.15, -0.1) is 0 Å². The van der Waals surface area contributed by atoms with Gasteiger partial charge in [0.25, 0.3) is 0 Å². The lowest BCUT2D eigenvalue weighted by molar-refractivity contribution is -0.607. The van der Waals surface area contributed by atoms with Crippen molar-refractivity contribution in [3.8, 4) is 11.1 Å². The molecule has 0 bridgehead atoms. The second-order valence-corrected chi connectivity index (χ2v) is 17.1. The number of hydrogen-bond donors (Lipinski definition) is 0. The fourth-order valence-corrected chi connectivity index (χ4v) is 10.2. The first-order chi connectivity index (χ1) is 30.5. The summed E-state index contributed by atoms with van der Waals surface area (Å²) < 4.78 is 15.3. The number of benzene rings is 9. The van der Waals surface area contributed by atoms with E-state index in [0.717, 1.165) is 6.54 Å². The first kappa shape index (κ1) is 39.3. The minimum absolute atomic E-state index is 0.0344. The quantitative estimate of drug-likeness (QED) is 0.123. The normalized spacial score (nSPS) is 16.8. The van der Waals surface area contributed by atoms with Crippen LogP contribution < -0.4 is 21.9 Å². The third kappa shape index (κ3) is 7.36. The molecule has 0 aliphatic carbocycles. The second kappa shape index (κ2) is 16.9. The summed E-state index contributed by atoms with van der Waals surface area (Å²) in [5.74, 6) is -0.634. The smallest absolute Gasteiger partial charge is 0.206 e. The SMILES string of the molecule is CC1(C)OC[C@H]([N+]2=Cc3ccc4ccccc4c3-c3c(ccc4ccccc34)C2)[C@H](c2ccccc2)O1.c1ccc([B-](c2ccccc2)(c2ccccc2)c2ccccc2)cc1. The molecule has 0 saturated carbocycles. The molecule has 62 heavy (non-hydrogen) atoms. The minimum atomic E-state index is -1.22. The highest BCUT2D eigenvalue weighted by molar-refractivity contribution is 7.19. The summed E-state index contributed by atoms with van der Waals surface area (Å²) in [5, 5.41) is 5.11. The molecule has 9 aromatic carbocycles. The molecule has 302 valence electrons. The van der Waals surface area contributed by atoms with Crippen LogP contribution in [0.25, 0.3) is 32.7 Å². The predicted molar refractivity (Wildman–Crippen MR) is 260 cm³/mol. The summed E-state index contributed by atoms with van der Waals surface area (Å²) in [6, 6.07) is 80.7. The fraction of sp³-hybridized carbons (Fsp3) is 0.121. The van der Waals surface area contributed by atoms with E-state index in [-0.39, 0.29) is 12.1 Å². The van der Waals surface area contributed by atoms with Gasteiger partial charge in [0, 0.05) is 22.3 Å². The summed E-state index contributed by atoms with van der Waals surface area (Å²) in [5.41, 5.74) is 11.7. The van der Waals surface area contributed by atoms with Gasteiger partial charge in [-0.2, -0.15) is 21.9 Å². The summed E-state index contributed by atoms with van der Waals surface area (Å²) in [4.78, 5) is 0. The molecule has 1 fully saturated rings. The number of nitrogens with zero attached hydrogens (tertiary/aromatic N) is 1. The standard InChI is InChI=1S/C34H30NO2.C24H20B/c1-34(2)36-22-30(33(37-34)25-12-4-3-5-13-25)35-20-26-18-16-23-10-6-8-14-28(23)31(26)32-27(21-35)19-17-24-11-7-9-15-29(24)32;1-5-13-21(14-6-1)25(22-15-7-2-8-16-22,23-17-9-3-10-18-23)24-19-11-4-12-20-24/h3-20,30,33H,21-22H2,1-2H3;1-20H/q+1;-1/t30-,33-;/m0./s1. The van der Waals surface area contributed by atoms with Gasteiger partial charge in [0.15, 0.2) is 18.5 Å². The molecule has 4 heteroatoms. The van der Waals surface area contributed by atoms with Crippen LogP contribution in [0.3, 0.4) is 0 Å². The third-order valence-electron chi connectivity index (χ3n) is 13.0. The molecule has 2 heterocycles. The summed E-state index contributed by atoms with van der Waals surface area (Å²) >= 11 is 0. The van der Waals surface area contributed by atoms with Crippen molar-refractivity contribution in [2.75, 3.05) is 6.61 Å². The highest BCUT2D eigenvalue weighted by Gasteiger charge is 2.44. The number of rotatable bonds is 6. The van der Waals surface area contributed by atoms with Crippen LogP contribution in [-0.2, 0) is 16.0 Å². The Morgan fingerprint density at radius 2 is 0.903 bits per heavy atom. The first-order valence-corrected chi connectivity index (χ1v) is 21.9. The highest BCUT2D eigenvalue weighted by atomic mass is 16.7. The average molecular weight is 804 g/mol. The first-order valence-electron chi connectivity index (χ1n) is 21.9. The van der Waals surface area contributed by atoms with Crippen LogP contribution in [0.4, 0.5) is 0 Å². The van der Waals surface area contributed by atoms with Crippen molar-refractivity contribution < 1.29 is 14.0 Å². The van der Waals surface area contributed by atoms with Crippen molar-refractivity contribution >= 4 is 55.8 Å². The van der Waals surface area contributed by atoms with Crippen molar-refractivity contribution in [1.82, 2.24) is 0 Å². The summed E-state index contributed by atoms with van der Waals surface area (Å²) in [6.07, 6.45) is 1.02. The lowest BCUT2D eigenvalue weighted by atomic mass is 9.13. The minimum Gasteiger partial charge on any atom is -0.343 e. The Labute approximate surface area is 365 Å². The van der Waals surface area contributed by atoms with Gasteiger partial charge >= 0.3 is 0 Å². The van der Waals surface area contributed by atoms with Gasteiger partial charge in [0.2, 0.25) is 6.04 Å². The summed E-state index contributed by atoms with van der Waals surface area (Å²) in [7, 11) is 0. The average Bonchev–Trinajstić information content (AvgIpc) is 3.51. The third-order valence-corrected chi connectivity index (χ3v) is 13.0. The molecule has 2 aliphatic heterocycles. The lowest BCUT2D eigenvalue weighted by Gasteiger charge is -2.44. The number of fused-ring (bicyclic) bond motifs is 7. The second-order valence-electron chi connectivity index (χ2n) is 17.1. The Hall–Kier alpha value is -6.85. The van der Waals surface area contributed by atoms with Gasteiger partial charge in [-0.3, -0.25) is 0 Å². The number of ether oxygens (including phenoxy) is 2. The maximum atomic E-state index is 6.60. The van der Waals surface area contributed by atoms with Gasteiger partial charge in [-0.25, -0.2) is 4.58 Å². The monoisotopic (exact) mass is 803 g/mol. The van der Waals surface area contributed by atoms with E-state index in [2.05, 4.69) is 235 Å². The van der Waals surface area contributed by atoms with Crippen LogP contribution >= 0.6 is 0 Å². The van der Waals surface area contributed by atoms with Crippen molar-refractivity contribution in [2.45, 2.75) is 38.3 Å². The Morgan fingerprint density at radius 3 is 1.42 bits per heavy atom. The Balaban J connectivity index is 0.000000160. The molecular weight excluding hydrogens is 753 g/mol. The van der Waals surface area contributed by atoms with Crippen LogP contribution in [0.1, 0.15) is 36.6 Å². The molecule has 0 N–H and O–H groups in total. The zero-order chi connectivity index (χ0) is 41.9. The molecule has 0 amide bonds. The molecule has 2 aliphatic rings. The van der Waals surface area contributed by atoms with E-state index in [1.165, 1.54) is 71.2 Å². The molecule has 0 unspecified atom stereocenters. The van der Waals surface area contributed by atoms with E-state index in [1.807, 2.05) is 13.8 Å². The molecule has 1 saturated heterocycles. The van der Waals surface area contributed by atoms with E-state index >= 15 is 0 Å². The van der Waals surface area contributed by atoms with Gasteiger partial charge in [-0.1, -0.05) is 218 Å². The molecule has 0 spiro atoms. The zero-order valence-electron chi connectivity index (χ0n) is 35.3. The molecule has 0 radical (unpaired) electrons.